The van der Waals surface area contributed by atoms with E-state index in [0.717, 1.165) is 11.3 Å². The lowest BCUT2D eigenvalue weighted by Crippen LogP contribution is -2.24. The zero-order valence-corrected chi connectivity index (χ0v) is 19.3. The molecular formula is C24H28ClN3O4. The van der Waals surface area contributed by atoms with Crippen LogP contribution in [0.5, 0.6) is 17.2 Å². The van der Waals surface area contributed by atoms with Crippen molar-refractivity contribution in [3.8, 4) is 17.2 Å². The van der Waals surface area contributed by atoms with Crippen molar-refractivity contribution in [3.05, 3.63) is 65.4 Å². The summed E-state index contributed by atoms with van der Waals surface area (Å²) < 4.78 is 18.8. The van der Waals surface area contributed by atoms with Gasteiger partial charge >= 0.3 is 0 Å². The van der Waals surface area contributed by atoms with E-state index in [1.807, 2.05) is 63.2 Å². The van der Waals surface area contributed by atoms with Crippen molar-refractivity contribution in [2.24, 2.45) is 5.92 Å². The topological polar surface area (TPSA) is 74.6 Å². The van der Waals surface area contributed by atoms with Crippen LogP contribution in [0.15, 0.2) is 54.9 Å². The fraction of sp³-hybridized carbons (Fsp3) is 0.333. The molecule has 0 fully saturated rings. The second-order valence-corrected chi connectivity index (χ2v) is 7.67. The number of nitrogens with one attached hydrogen (secondary N) is 1. The minimum absolute atomic E-state index is 0.0943. The molecule has 1 unspecified atom stereocenters. The van der Waals surface area contributed by atoms with Gasteiger partial charge in [-0.25, -0.2) is 0 Å². The highest BCUT2D eigenvalue weighted by molar-refractivity contribution is 6.30. The molecule has 1 amide bonds. The molecule has 0 aliphatic carbocycles. The molecule has 1 N–H and O–H groups in total. The molecule has 8 heteroatoms. The second-order valence-electron chi connectivity index (χ2n) is 7.23. The number of halogens is 1. The molecule has 1 heterocycles. The van der Waals surface area contributed by atoms with E-state index in [1.165, 1.54) is 0 Å². The Bertz CT molecular complexity index is 1020. The molecule has 3 aromatic rings. The summed E-state index contributed by atoms with van der Waals surface area (Å²) in [6.45, 7) is 7.70. The summed E-state index contributed by atoms with van der Waals surface area (Å²) in [5.41, 5.74) is 1.68. The number of amides is 1. The predicted octanol–water partition coefficient (Wildman–Crippen LogP) is 5.19. The highest BCUT2D eigenvalue weighted by Gasteiger charge is 2.14. The number of anilines is 1. The van der Waals surface area contributed by atoms with Crippen molar-refractivity contribution in [1.29, 1.82) is 0 Å². The van der Waals surface area contributed by atoms with Gasteiger partial charge in [-0.3, -0.25) is 9.48 Å². The van der Waals surface area contributed by atoms with E-state index in [0.29, 0.717) is 48.6 Å². The molecule has 7 nitrogen and oxygen atoms in total. The maximum atomic E-state index is 12.4. The van der Waals surface area contributed by atoms with Crippen molar-refractivity contribution in [3.63, 3.8) is 0 Å². The van der Waals surface area contributed by atoms with Crippen molar-refractivity contribution >= 4 is 23.2 Å². The van der Waals surface area contributed by atoms with Crippen molar-refractivity contribution in [2.45, 2.75) is 33.9 Å². The average Bonchev–Trinajstić information content (AvgIpc) is 3.19. The molecule has 0 radical (unpaired) electrons. The van der Waals surface area contributed by atoms with Crippen LogP contribution in [0.4, 0.5) is 5.69 Å². The lowest BCUT2D eigenvalue weighted by molar-refractivity contribution is -0.119. The first kappa shape index (κ1) is 23.5. The van der Waals surface area contributed by atoms with Gasteiger partial charge in [-0.15, -0.1) is 0 Å². The maximum Gasteiger partial charge on any atom is 0.229 e. The fourth-order valence-corrected chi connectivity index (χ4v) is 3.21. The number of carbonyl (C=O) groups excluding carboxylic acids is 1. The van der Waals surface area contributed by atoms with Crippen molar-refractivity contribution in [2.75, 3.05) is 18.5 Å². The minimum atomic E-state index is -0.263. The summed E-state index contributed by atoms with van der Waals surface area (Å²) in [6.07, 6.45) is 3.25. The number of hydrogen-bond donors (Lipinski definition) is 1. The van der Waals surface area contributed by atoms with E-state index in [4.69, 9.17) is 25.8 Å². The normalized spacial score (nSPS) is 11.6. The van der Waals surface area contributed by atoms with Gasteiger partial charge in [0, 0.05) is 11.9 Å². The Morgan fingerprint density at radius 2 is 1.78 bits per heavy atom. The summed E-state index contributed by atoms with van der Waals surface area (Å²) in [7, 11) is 0. The molecule has 0 aliphatic heterocycles. The van der Waals surface area contributed by atoms with Crippen LogP contribution in [0.1, 0.15) is 26.3 Å². The quantitative estimate of drug-likeness (QED) is 0.429. The van der Waals surface area contributed by atoms with Crippen LogP contribution in [0, 0.1) is 5.92 Å². The van der Waals surface area contributed by atoms with Crippen LogP contribution in [0.3, 0.4) is 0 Å². The highest BCUT2D eigenvalue weighted by atomic mass is 35.5. The van der Waals surface area contributed by atoms with E-state index < -0.39 is 0 Å². The monoisotopic (exact) mass is 457 g/mol. The van der Waals surface area contributed by atoms with E-state index in [1.54, 1.807) is 17.1 Å². The molecule has 32 heavy (non-hydrogen) atoms. The first-order chi connectivity index (χ1) is 15.5. The van der Waals surface area contributed by atoms with E-state index in [-0.39, 0.29) is 11.8 Å². The van der Waals surface area contributed by atoms with Crippen LogP contribution < -0.4 is 19.5 Å². The van der Waals surface area contributed by atoms with Gasteiger partial charge in [0.1, 0.15) is 12.4 Å². The number of nitrogens with zero attached hydrogens (tertiary/aromatic N) is 2. The lowest BCUT2D eigenvalue weighted by atomic mass is 10.1. The lowest BCUT2D eigenvalue weighted by Gasteiger charge is -2.14. The number of ether oxygens (including phenoxy) is 3. The zero-order chi connectivity index (χ0) is 22.9. The molecule has 170 valence electrons. The van der Waals surface area contributed by atoms with Crippen LogP contribution in [-0.2, 0) is 17.9 Å². The van der Waals surface area contributed by atoms with Gasteiger partial charge in [-0.1, -0.05) is 24.6 Å². The summed E-state index contributed by atoms with van der Waals surface area (Å²) in [5.74, 6) is 1.78. The van der Waals surface area contributed by atoms with Gasteiger partial charge in [-0.05, 0) is 55.8 Å². The van der Waals surface area contributed by atoms with E-state index in [9.17, 15) is 4.79 Å². The van der Waals surface area contributed by atoms with Gasteiger partial charge in [0.25, 0.3) is 0 Å². The van der Waals surface area contributed by atoms with Gasteiger partial charge in [0.2, 0.25) is 5.91 Å². The van der Waals surface area contributed by atoms with Gasteiger partial charge in [-0.2, -0.15) is 5.10 Å². The molecule has 2 aromatic carbocycles. The average molecular weight is 458 g/mol. The summed E-state index contributed by atoms with van der Waals surface area (Å²) in [5, 5.41) is 7.56. The Morgan fingerprint density at radius 1 is 1.06 bits per heavy atom. The molecule has 1 atom stereocenters. The third kappa shape index (κ3) is 6.65. The Morgan fingerprint density at radius 3 is 2.44 bits per heavy atom. The number of benzene rings is 2. The molecule has 0 saturated heterocycles. The number of carbonyl (C=O) groups is 1. The summed E-state index contributed by atoms with van der Waals surface area (Å²) in [6, 6.07) is 13.1. The van der Waals surface area contributed by atoms with Crippen molar-refractivity contribution < 1.29 is 19.0 Å². The fourth-order valence-electron chi connectivity index (χ4n) is 3.05. The van der Waals surface area contributed by atoms with Gasteiger partial charge < -0.3 is 19.5 Å². The van der Waals surface area contributed by atoms with Gasteiger partial charge in [0.05, 0.1) is 36.9 Å². The molecular weight excluding hydrogens is 430 g/mol. The molecule has 3 rings (SSSR count). The third-order valence-corrected chi connectivity index (χ3v) is 4.84. The number of aromatic nitrogens is 2. The molecule has 1 aromatic heterocycles. The Kier molecular flexibility index (Phi) is 8.39. The Labute approximate surface area is 193 Å². The number of rotatable bonds is 11. The summed E-state index contributed by atoms with van der Waals surface area (Å²) >= 11 is 5.87. The van der Waals surface area contributed by atoms with Crippen molar-refractivity contribution in [1.82, 2.24) is 9.78 Å². The van der Waals surface area contributed by atoms with Crippen LogP contribution in [0.25, 0.3) is 0 Å². The van der Waals surface area contributed by atoms with E-state index >= 15 is 0 Å². The number of hydrogen-bond acceptors (Lipinski definition) is 5. The second kappa shape index (κ2) is 11.4. The van der Waals surface area contributed by atoms with Gasteiger partial charge in [0.15, 0.2) is 11.5 Å². The highest BCUT2D eigenvalue weighted by Crippen LogP contribution is 2.29. The predicted molar refractivity (Wildman–Crippen MR) is 125 cm³/mol. The SMILES string of the molecule is CCOc1ccc(COc2ccc(NC(=O)C(C)Cn3cc(Cl)cn3)cc2)cc1OCC. The Balaban J connectivity index is 1.53. The van der Waals surface area contributed by atoms with E-state index in [2.05, 4.69) is 10.4 Å². The molecule has 0 saturated carbocycles. The smallest absolute Gasteiger partial charge is 0.229 e. The summed E-state index contributed by atoms with van der Waals surface area (Å²) in [4.78, 5) is 12.4. The first-order valence-electron chi connectivity index (χ1n) is 10.6. The minimum Gasteiger partial charge on any atom is -0.490 e. The van der Waals surface area contributed by atoms with Crippen LogP contribution >= 0.6 is 11.6 Å². The van der Waals surface area contributed by atoms with Crippen LogP contribution in [-0.4, -0.2) is 28.9 Å². The molecule has 0 aliphatic rings. The standard InChI is InChI=1S/C24H28ClN3O4/c1-4-30-22-11-6-18(12-23(22)31-5-2)16-32-21-9-7-20(8-10-21)27-24(29)17(3)14-28-15-19(25)13-26-28/h6-13,15,17H,4-5,14,16H2,1-3H3,(H,27,29). The first-order valence-corrected chi connectivity index (χ1v) is 11.0. The largest absolute Gasteiger partial charge is 0.490 e. The maximum absolute atomic E-state index is 12.4. The Hall–Kier alpha value is -3.19. The zero-order valence-electron chi connectivity index (χ0n) is 18.5. The van der Waals surface area contributed by atoms with Crippen LogP contribution in [0.2, 0.25) is 5.02 Å². The third-order valence-electron chi connectivity index (χ3n) is 4.65. The molecule has 0 spiro atoms. The molecule has 0 bridgehead atoms.